The highest BCUT2D eigenvalue weighted by Gasteiger charge is 2.46. The summed E-state index contributed by atoms with van der Waals surface area (Å²) >= 11 is 7.55. The lowest BCUT2D eigenvalue weighted by molar-refractivity contribution is -0.155. The van der Waals surface area contributed by atoms with Gasteiger partial charge in [-0.05, 0) is 69.7 Å². The van der Waals surface area contributed by atoms with E-state index in [1.165, 1.54) is 49.0 Å². The average Bonchev–Trinajstić information content (AvgIpc) is 3.24. The summed E-state index contributed by atoms with van der Waals surface area (Å²) in [6.45, 7) is 6.92. The van der Waals surface area contributed by atoms with Crippen molar-refractivity contribution >= 4 is 51.4 Å². The number of benzene rings is 2. The Bertz CT molecular complexity index is 1400. The van der Waals surface area contributed by atoms with Gasteiger partial charge in [0.2, 0.25) is 0 Å². The van der Waals surface area contributed by atoms with Crippen molar-refractivity contribution in [1.82, 2.24) is 14.5 Å². The van der Waals surface area contributed by atoms with Crippen LogP contribution in [0.3, 0.4) is 0 Å². The van der Waals surface area contributed by atoms with Crippen LogP contribution >= 0.6 is 23.4 Å². The molecule has 10 nitrogen and oxygen atoms in total. The minimum Gasteiger partial charge on any atom is -0.461 e. The number of halogens is 2. The standard InChI is InChI=1S/C27H33ClFN3O7S2/c1-16(2)38-25(34)21(14-17-7-12-22(20(28)13-17)39-26(35)31(5)6)32(24(33)23-30-27(3,4)15-40-23)41(36,37)19-10-8-18(29)9-11-19/h7-13,16,21,23,30H,14-15H2,1-6H3/t21-,23-/m0/s1. The summed E-state index contributed by atoms with van der Waals surface area (Å²) in [7, 11) is -1.68. The average molecular weight is 630 g/mol. The lowest BCUT2D eigenvalue weighted by Gasteiger charge is -2.32. The lowest BCUT2D eigenvalue weighted by atomic mass is 10.1. The Balaban J connectivity index is 2.10. The van der Waals surface area contributed by atoms with Crippen molar-refractivity contribution < 1.29 is 36.7 Å². The Kier molecular flexibility index (Phi) is 10.3. The van der Waals surface area contributed by atoms with Gasteiger partial charge >= 0.3 is 12.1 Å². The molecule has 0 aromatic heterocycles. The first kappa shape index (κ1) is 32.6. The molecular weight excluding hydrogens is 597 g/mol. The Hall–Kier alpha value is -2.87. The summed E-state index contributed by atoms with van der Waals surface area (Å²) in [5, 5.41) is 2.16. The van der Waals surface area contributed by atoms with E-state index in [9.17, 15) is 27.2 Å². The van der Waals surface area contributed by atoms with Crippen molar-refractivity contribution in [2.45, 2.75) is 62.1 Å². The highest BCUT2D eigenvalue weighted by Crippen LogP contribution is 2.32. The van der Waals surface area contributed by atoms with Crippen LogP contribution in [-0.4, -0.2) is 78.5 Å². The van der Waals surface area contributed by atoms with Gasteiger partial charge in [-0.25, -0.2) is 26.7 Å². The number of sulfonamides is 1. The number of hydrogen-bond donors (Lipinski definition) is 1. The summed E-state index contributed by atoms with van der Waals surface area (Å²) < 4.78 is 52.8. The normalized spacial score (nSPS) is 17.1. The topological polar surface area (TPSA) is 122 Å². The predicted octanol–water partition coefficient (Wildman–Crippen LogP) is 4.06. The number of esters is 1. The molecule has 224 valence electrons. The van der Waals surface area contributed by atoms with E-state index in [1.54, 1.807) is 13.8 Å². The molecule has 0 aliphatic carbocycles. The highest BCUT2D eigenvalue weighted by atomic mass is 35.5. The molecular formula is C27H33ClFN3O7S2. The first-order valence-corrected chi connectivity index (χ1v) is 15.5. The molecule has 0 radical (unpaired) electrons. The number of rotatable bonds is 9. The van der Waals surface area contributed by atoms with E-state index >= 15 is 0 Å². The quantitative estimate of drug-likeness (QED) is 0.409. The van der Waals surface area contributed by atoms with Crippen molar-refractivity contribution in [3.63, 3.8) is 0 Å². The summed E-state index contributed by atoms with van der Waals surface area (Å²) in [5.41, 5.74) is -0.109. The Morgan fingerprint density at radius 3 is 2.29 bits per heavy atom. The van der Waals surface area contributed by atoms with Crippen LogP contribution in [0.1, 0.15) is 33.3 Å². The zero-order valence-electron chi connectivity index (χ0n) is 23.5. The van der Waals surface area contributed by atoms with Crippen molar-refractivity contribution in [3.05, 3.63) is 58.9 Å². The van der Waals surface area contributed by atoms with Gasteiger partial charge in [0, 0.05) is 31.8 Å². The van der Waals surface area contributed by atoms with Gasteiger partial charge in [-0.15, -0.1) is 11.8 Å². The predicted molar refractivity (Wildman–Crippen MR) is 154 cm³/mol. The minimum absolute atomic E-state index is 0.0303. The Morgan fingerprint density at radius 1 is 1.15 bits per heavy atom. The van der Waals surface area contributed by atoms with E-state index in [1.807, 2.05) is 13.8 Å². The maximum atomic E-state index is 14.0. The molecule has 2 atom stereocenters. The van der Waals surface area contributed by atoms with Crippen molar-refractivity contribution in [2.24, 2.45) is 0 Å². The Morgan fingerprint density at radius 2 is 1.78 bits per heavy atom. The molecule has 0 saturated carbocycles. The molecule has 1 saturated heterocycles. The third-order valence-corrected chi connectivity index (χ3v) is 9.50. The monoisotopic (exact) mass is 629 g/mol. The second-order valence-corrected chi connectivity index (χ2v) is 13.9. The van der Waals surface area contributed by atoms with Crippen molar-refractivity contribution in [2.75, 3.05) is 19.8 Å². The largest absolute Gasteiger partial charge is 0.461 e. The van der Waals surface area contributed by atoms with Crippen LogP contribution in [0.15, 0.2) is 47.4 Å². The van der Waals surface area contributed by atoms with Crippen LogP contribution < -0.4 is 10.1 Å². The molecule has 2 aromatic rings. The maximum Gasteiger partial charge on any atom is 0.414 e. The summed E-state index contributed by atoms with van der Waals surface area (Å²) in [6, 6.07) is 6.64. The fourth-order valence-corrected chi connectivity index (χ4v) is 7.05. The number of carbonyl (C=O) groups is 3. The van der Waals surface area contributed by atoms with Crippen LogP contribution in [-0.2, 0) is 30.8 Å². The van der Waals surface area contributed by atoms with Crippen LogP contribution in [0, 0.1) is 5.82 Å². The van der Waals surface area contributed by atoms with Crippen LogP contribution in [0.25, 0.3) is 0 Å². The van der Waals surface area contributed by atoms with Gasteiger partial charge in [0.1, 0.15) is 17.2 Å². The molecule has 3 rings (SSSR count). The van der Waals surface area contributed by atoms with Crippen molar-refractivity contribution in [1.29, 1.82) is 0 Å². The molecule has 0 unspecified atom stereocenters. The SMILES string of the molecule is CC(C)OC(=O)[C@H](Cc1ccc(OC(=O)N(C)C)c(Cl)c1)N(C(=O)[C@H]1NC(C)(C)CS1)S(=O)(=O)c1ccc(F)cc1. The molecule has 1 N–H and O–H groups in total. The highest BCUT2D eigenvalue weighted by molar-refractivity contribution is 8.01. The first-order valence-electron chi connectivity index (χ1n) is 12.6. The number of nitrogens with one attached hydrogen (secondary N) is 1. The van der Waals surface area contributed by atoms with Gasteiger partial charge in [0.25, 0.3) is 15.9 Å². The van der Waals surface area contributed by atoms with Gasteiger partial charge in [0.15, 0.2) is 5.75 Å². The van der Waals surface area contributed by atoms with Gasteiger partial charge in [0.05, 0.1) is 16.0 Å². The second-order valence-electron chi connectivity index (χ2n) is 10.5. The molecule has 14 heteroatoms. The number of hydrogen-bond acceptors (Lipinski definition) is 9. The Labute approximate surface area is 248 Å². The van der Waals surface area contributed by atoms with Crippen LogP contribution in [0.4, 0.5) is 9.18 Å². The third-order valence-electron chi connectivity index (χ3n) is 5.84. The van der Waals surface area contributed by atoms with E-state index < -0.39 is 56.9 Å². The number of carbonyl (C=O) groups excluding carboxylic acids is 3. The summed E-state index contributed by atoms with van der Waals surface area (Å²) in [5.74, 6) is -1.94. The van der Waals surface area contributed by atoms with E-state index in [2.05, 4.69) is 5.32 Å². The van der Waals surface area contributed by atoms with Gasteiger partial charge < -0.3 is 14.4 Å². The smallest absolute Gasteiger partial charge is 0.414 e. The van der Waals surface area contributed by atoms with Gasteiger partial charge in [-0.1, -0.05) is 17.7 Å². The zero-order chi connectivity index (χ0) is 30.7. The van der Waals surface area contributed by atoms with Gasteiger partial charge in [-0.2, -0.15) is 0 Å². The molecule has 41 heavy (non-hydrogen) atoms. The number of thioether (sulfide) groups is 1. The lowest BCUT2D eigenvalue weighted by Crippen LogP contribution is -2.56. The zero-order valence-corrected chi connectivity index (χ0v) is 25.9. The number of nitrogens with zero attached hydrogens (tertiary/aromatic N) is 2. The van der Waals surface area contributed by atoms with E-state index in [0.29, 0.717) is 15.6 Å². The molecule has 1 aliphatic heterocycles. The molecule has 2 aromatic carbocycles. The fraction of sp³-hybridized carbons (Fsp3) is 0.444. The third kappa shape index (κ3) is 8.12. The van der Waals surface area contributed by atoms with E-state index in [0.717, 1.165) is 24.3 Å². The first-order chi connectivity index (χ1) is 19.0. The fourth-order valence-electron chi connectivity index (χ4n) is 3.87. The van der Waals surface area contributed by atoms with Gasteiger partial charge in [-0.3, -0.25) is 10.1 Å². The van der Waals surface area contributed by atoms with E-state index in [4.69, 9.17) is 21.1 Å². The van der Waals surface area contributed by atoms with Crippen molar-refractivity contribution in [3.8, 4) is 5.75 Å². The second kappa shape index (κ2) is 13.0. The minimum atomic E-state index is -4.68. The number of amides is 2. The summed E-state index contributed by atoms with van der Waals surface area (Å²) in [6.07, 6.45) is -1.59. The van der Waals surface area contributed by atoms with Crippen LogP contribution in [0.2, 0.25) is 5.02 Å². The number of ether oxygens (including phenoxy) is 2. The molecule has 1 fully saturated rings. The molecule has 1 aliphatic rings. The van der Waals surface area contributed by atoms with E-state index in [-0.39, 0.29) is 22.1 Å². The maximum absolute atomic E-state index is 14.0. The molecule has 1 heterocycles. The molecule has 2 amide bonds. The van der Waals surface area contributed by atoms with Crippen LogP contribution in [0.5, 0.6) is 5.75 Å². The summed E-state index contributed by atoms with van der Waals surface area (Å²) in [4.78, 5) is 40.2. The molecule has 0 bridgehead atoms. The molecule has 0 spiro atoms.